The van der Waals surface area contributed by atoms with Gasteiger partial charge >= 0.3 is 10.1 Å². The summed E-state index contributed by atoms with van der Waals surface area (Å²) in [6, 6.07) is 22.4. The van der Waals surface area contributed by atoms with E-state index < -0.39 is 10.1 Å². The molecule has 5 heteroatoms. The van der Waals surface area contributed by atoms with Gasteiger partial charge < -0.3 is 0 Å². The highest BCUT2D eigenvalue weighted by molar-refractivity contribution is 7.86. The lowest BCUT2D eigenvalue weighted by molar-refractivity contribution is 0.339. The molecule has 0 unspecified atom stereocenters. The highest BCUT2D eigenvalue weighted by Crippen LogP contribution is 2.37. The van der Waals surface area contributed by atoms with E-state index in [1.54, 1.807) is 12.1 Å². The summed E-state index contributed by atoms with van der Waals surface area (Å²) in [6.07, 6.45) is 0.960. The third-order valence-electron chi connectivity index (χ3n) is 5.69. The summed E-state index contributed by atoms with van der Waals surface area (Å²) >= 11 is 0. The van der Waals surface area contributed by atoms with Crippen LogP contribution in [0.15, 0.2) is 82.8 Å². The van der Waals surface area contributed by atoms with E-state index in [4.69, 9.17) is 4.28 Å². The molecular weight excluding hydrogens is 406 g/mol. The van der Waals surface area contributed by atoms with Crippen molar-refractivity contribution in [3.05, 3.63) is 89.5 Å². The maximum atomic E-state index is 12.7. The molecule has 1 aliphatic rings. The second-order valence-electron chi connectivity index (χ2n) is 7.82. The zero-order chi connectivity index (χ0) is 20.6. The van der Waals surface area contributed by atoms with Gasteiger partial charge in [0.1, 0.15) is 10.6 Å². The first-order valence-corrected chi connectivity index (χ1v) is 11.1. The molecule has 0 aromatic heterocycles. The lowest BCUT2D eigenvalue weighted by atomic mass is 9.82. The van der Waals surface area contributed by atoms with Gasteiger partial charge in [0.05, 0.1) is 0 Å². The van der Waals surface area contributed by atoms with Crippen LogP contribution in [0.5, 0.6) is 0 Å². The highest BCUT2D eigenvalue weighted by Gasteiger charge is 2.26. The van der Waals surface area contributed by atoms with Gasteiger partial charge in [0, 0.05) is 11.1 Å². The van der Waals surface area contributed by atoms with Crippen molar-refractivity contribution in [3.8, 4) is 11.1 Å². The number of hydrogen-bond donors (Lipinski definition) is 0. The van der Waals surface area contributed by atoms with Crippen molar-refractivity contribution < 1.29 is 12.7 Å². The predicted molar refractivity (Wildman–Crippen MR) is 129 cm³/mol. The average Bonchev–Trinajstić information content (AvgIpc) is 3.06. The first-order chi connectivity index (χ1) is 13.8. The van der Waals surface area contributed by atoms with Gasteiger partial charge in [0.25, 0.3) is 0 Å². The monoisotopic (exact) mass is 437 g/mol. The molecule has 0 radical (unpaired) electrons. The summed E-state index contributed by atoms with van der Waals surface area (Å²) in [4.78, 5) is 0.0945. The SMILES string of the molecule is C.C.CCC(C)(C)c1ccc(S(=O)(=O)ON=C2c3ccccc3-c3ccccc32)cc1. The van der Waals surface area contributed by atoms with Gasteiger partial charge in [-0.05, 0) is 40.7 Å². The van der Waals surface area contributed by atoms with Crippen molar-refractivity contribution >= 4 is 15.8 Å². The molecule has 4 nitrogen and oxygen atoms in total. The number of hydrogen-bond acceptors (Lipinski definition) is 4. The van der Waals surface area contributed by atoms with Crippen LogP contribution in [0.3, 0.4) is 0 Å². The maximum Gasteiger partial charge on any atom is 0.358 e. The van der Waals surface area contributed by atoms with Crippen LogP contribution in [0.4, 0.5) is 0 Å². The molecule has 0 atom stereocenters. The quantitative estimate of drug-likeness (QED) is 0.323. The maximum absolute atomic E-state index is 12.7. The number of nitrogens with zero attached hydrogens (tertiary/aromatic N) is 1. The van der Waals surface area contributed by atoms with Crippen molar-refractivity contribution in [1.29, 1.82) is 0 Å². The molecule has 164 valence electrons. The fraction of sp³-hybridized carbons (Fsp3) is 0.269. The van der Waals surface area contributed by atoms with Crippen LogP contribution in [0, 0.1) is 0 Å². The standard InChI is InChI=1S/C24H23NO3S.2CH4/c1-4-24(2,3)17-13-15-18(16-14-17)29(26,27)28-25-23-21-11-7-5-9-19(21)20-10-6-8-12-22(20)23;;/h5-16H,4H2,1-3H3;2*1H4. The van der Waals surface area contributed by atoms with E-state index in [1.807, 2.05) is 60.7 Å². The average molecular weight is 438 g/mol. The lowest BCUT2D eigenvalue weighted by Crippen LogP contribution is -2.15. The van der Waals surface area contributed by atoms with E-state index in [2.05, 4.69) is 25.9 Å². The van der Waals surface area contributed by atoms with Crippen molar-refractivity contribution in [3.63, 3.8) is 0 Å². The van der Waals surface area contributed by atoms with E-state index in [0.717, 1.165) is 34.2 Å². The Morgan fingerprint density at radius 1 is 0.774 bits per heavy atom. The Morgan fingerprint density at radius 2 is 1.23 bits per heavy atom. The normalized spacial score (nSPS) is 12.2. The van der Waals surface area contributed by atoms with E-state index in [0.29, 0.717) is 5.71 Å². The Balaban J connectivity index is 0.00000171. The highest BCUT2D eigenvalue weighted by atomic mass is 32.2. The molecule has 0 spiro atoms. The summed E-state index contributed by atoms with van der Waals surface area (Å²) < 4.78 is 30.6. The summed E-state index contributed by atoms with van der Waals surface area (Å²) in [5.74, 6) is 0. The molecule has 4 rings (SSSR count). The molecule has 0 saturated heterocycles. The lowest BCUT2D eigenvalue weighted by Gasteiger charge is -2.23. The van der Waals surface area contributed by atoms with Gasteiger partial charge in [-0.3, -0.25) is 4.28 Å². The molecule has 0 heterocycles. The van der Waals surface area contributed by atoms with E-state index in [1.165, 1.54) is 0 Å². The molecule has 0 amide bonds. The topological polar surface area (TPSA) is 55.7 Å². The first kappa shape index (κ1) is 24.4. The molecule has 0 bridgehead atoms. The molecule has 0 N–H and O–H groups in total. The van der Waals surface area contributed by atoms with Crippen LogP contribution in [-0.4, -0.2) is 14.1 Å². The molecular formula is C26H31NO3S. The minimum Gasteiger partial charge on any atom is -0.264 e. The molecule has 0 saturated carbocycles. The van der Waals surface area contributed by atoms with Gasteiger partial charge in [-0.1, -0.05) is 101 Å². The Hall–Kier alpha value is -2.92. The number of benzene rings is 3. The Labute approximate surface area is 186 Å². The smallest absolute Gasteiger partial charge is 0.264 e. The van der Waals surface area contributed by atoms with Crippen LogP contribution < -0.4 is 0 Å². The van der Waals surface area contributed by atoms with Gasteiger partial charge in [-0.2, -0.15) is 8.42 Å². The summed E-state index contributed by atoms with van der Waals surface area (Å²) in [5, 5.41) is 4.07. The Kier molecular flexibility index (Phi) is 7.12. The third kappa shape index (κ3) is 4.42. The van der Waals surface area contributed by atoms with Crippen molar-refractivity contribution in [2.45, 2.75) is 52.4 Å². The van der Waals surface area contributed by atoms with Gasteiger partial charge in [0.15, 0.2) is 0 Å². The van der Waals surface area contributed by atoms with Gasteiger partial charge in [-0.25, -0.2) is 0 Å². The van der Waals surface area contributed by atoms with Crippen LogP contribution in [-0.2, 0) is 19.8 Å². The van der Waals surface area contributed by atoms with E-state index in [9.17, 15) is 8.42 Å². The molecule has 0 fully saturated rings. The minimum atomic E-state index is -4.01. The molecule has 1 aliphatic carbocycles. The number of fused-ring (bicyclic) bond motifs is 3. The molecule has 3 aromatic carbocycles. The largest absolute Gasteiger partial charge is 0.358 e. The van der Waals surface area contributed by atoms with Crippen LogP contribution >= 0.6 is 0 Å². The Bertz CT molecular complexity index is 1150. The van der Waals surface area contributed by atoms with E-state index in [-0.39, 0.29) is 25.2 Å². The van der Waals surface area contributed by atoms with Crippen molar-refractivity contribution in [1.82, 2.24) is 0 Å². The summed E-state index contributed by atoms with van der Waals surface area (Å²) in [5.41, 5.74) is 5.38. The van der Waals surface area contributed by atoms with Crippen molar-refractivity contribution in [2.24, 2.45) is 5.16 Å². The van der Waals surface area contributed by atoms with Crippen molar-refractivity contribution in [2.75, 3.05) is 0 Å². The number of rotatable bonds is 5. The Morgan fingerprint density at radius 3 is 1.68 bits per heavy atom. The zero-order valence-corrected chi connectivity index (χ0v) is 17.5. The first-order valence-electron chi connectivity index (χ1n) is 9.65. The predicted octanol–water partition coefficient (Wildman–Crippen LogP) is 6.78. The molecule has 31 heavy (non-hydrogen) atoms. The summed E-state index contributed by atoms with van der Waals surface area (Å²) in [6.45, 7) is 6.38. The second kappa shape index (κ2) is 9.06. The minimum absolute atomic E-state index is 0. The number of oxime groups is 1. The molecule has 0 aliphatic heterocycles. The van der Waals surface area contributed by atoms with E-state index >= 15 is 0 Å². The third-order valence-corrected chi connectivity index (χ3v) is 6.81. The fourth-order valence-electron chi connectivity index (χ4n) is 3.50. The zero-order valence-electron chi connectivity index (χ0n) is 16.7. The summed E-state index contributed by atoms with van der Waals surface area (Å²) in [7, 11) is -4.01. The van der Waals surface area contributed by atoms with Crippen LogP contribution in [0.2, 0.25) is 0 Å². The van der Waals surface area contributed by atoms with Gasteiger partial charge in [-0.15, -0.1) is 0 Å². The van der Waals surface area contributed by atoms with Crippen LogP contribution in [0.1, 0.15) is 58.7 Å². The second-order valence-corrected chi connectivity index (χ2v) is 9.35. The van der Waals surface area contributed by atoms with Gasteiger partial charge in [0.2, 0.25) is 0 Å². The van der Waals surface area contributed by atoms with Crippen LogP contribution in [0.25, 0.3) is 11.1 Å². The molecule has 3 aromatic rings. The fourth-order valence-corrected chi connectivity index (χ4v) is 4.23.